The minimum absolute atomic E-state index is 0.0168. The summed E-state index contributed by atoms with van der Waals surface area (Å²) in [4.78, 5) is 44.0. The van der Waals surface area contributed by atoms with Crippen LogP contribution in [0.2, 0.25) is 0 Å². The van der Waals surface area contributed by atoms with Gasteiger partial charge in [0.05, 0.1) is 13.1 Å². The standard InChI is InChI=1S/C10H18N4O6S2/c11-1-7(15)13-5(9(17)18)3-21-22-4-6(10(19)20)14-8(16)2-12/h5-6H,1-4,11-12H2,(H,13,15)(H,14,16)(H,17,18)(H,19,20)/t5-,6?/m0/s1. The van der Waals surface area contributed by atoms with Crippen LogP contribution in [0.5, 0.6) is 0 Å². The largest absolute Gasteiger partial charge is 0.480 e. The summed E-state index contributed by atoms with van der Waals surface area (Å²) in [5.41, 5.74) is 10.2. The number of carboxylic acids is 2. The number of nitrogens with two attached hydrogens (primary N) is 2. The van der Waals surface area contributed by atoms with Gasteiger partial charge in [0.1, 0.15) is 12.1 Å². The van der Waals surface area contributed by atoms with Crippen molar-refractivity contribution in [1.82, 2.24) is 10.6 Å². The minimum Gasteiger partial charge on any atom is -0.480 e. The molecule has 2 amide bonds. The molecule has 10 nitrogen and oxygen atoms in total. The van der Waals surface area contributed by atoms with Crippen LogP contribution in [0.4, 0.5) is 0 Å². The van der Waals surface area contributed by atoms with Crippen LogP contribution in [0.25, 0.3) is 0 Å². The fourth-order valence-electron chi connectivity index (χ4n) is 1.09. The molecule has 0 aliphatic heterocycles. The van der Waals surface area contributed by atoms with Gasteiger partial charge >= 0.3 is 11.9 Å². The van der Waals surface area contributed by atoms with Crippen molar-refractivity contribution in [3.63, 3.8) is 0 Å². The molecule has 0 bridgehead atoms. The Morgan fingerprint density at radius 2 is 1.14 bits per heavy atom. The molecule has 0 aromatic rings. The smallest absolute Gasteiger partial charge is 0.327 e. The monoisotopic (exact) mass is 354 g/mol. The summed E-state index contributed by atoms with van der Waals surface area (Å²) in [5, 5.41) is 22.3. The summed E-state index contributed by atoms with van der Waals surface area (Å²) in [5.74, 6) is -3.61. The average Bonchev–Trinajstić information content (AvgIpc) is 2.47. The lowest BCUT2D eigenvalue weighted by Crippen LogP contribution is -2.45. The molecule has 0 saturated heterocycles. The van der Waals surface area contributed by atoms with Gasteiger partial charge in [-0.2, -0.15) is 0 Å². The fourth-order valence-corrected chi connectivity index (χ4v) is 3.40. The summed E-state index contributed by atoms with van der Waals surface area (Å²) < 4.78 is 0. The molecule has 0 rings (SSSR count). The fraction of sp³-hybridized carbons (Fsp3) is 0.600. The Hall–Kier alpha value is -1.50. The third-order valence-corrected chi connectivity index (χ3v) is 4.61. The van der Waals surface area contributed by atoms with E-state index in [0.717, 1.165) is 21.6 Å². The van der Waals surface area contributed by atoms with Crippen molar-refractivity contribution >= 4 is 45.3 Å². The molecule has 0 fully saturated rings. The van der Waals surface area contributed by atoms with Gasteiger partial charge in [-0.15, -0.1) is 0 Å². The SMILES string of the molecule is NCC(=O)NC(CSSC[C@H](NC(=O)CN)C(=O)O)C(=O)O. The molecule has 0 aliphatic carbocycles. The first-order valence-corrected chi connectivity index (χ1v) is 8.49. The molecular formula is C10H18N4O6S2. The Labute approximate surface area is 134 Å². The number of rotatable bonds is 11. The first-order chi connectivity index (χ1) is 10.3. The van der Waals surface area contributed by atoms with E-state index < -0.39 is 35.8 Å². The number of nitrogens with one attached hydrogen (secondary N) is 2. The van der Waals surface area contributed by atoms with Crippen molar-refractivity contribution in [3.05, 3.63) is 0 Å². The number of hydrogen-bond donors (Lipinski definition) is 6. The Morgan fingerprint density at radius 3 is 1.36 bits per heavy atom. The van der Waals surface area contributed by atoms with Crippen molar-refractivity contribution in [1.29, 1.82) is 0 Å². The second-order valence-electron chi connectivity index (χ2n) is 3.89. The highest BCUT2D eigenvalue weighted by Crippen LogP contribution is 2.23. The molecule has 22 heavy (non-hydrogen) atoms. The summed E-state index contributed by atoms with van der Waals surface area (Å²) in [6, 6.07) is -2.26. The van der Waals surface area contributed by atoms with Crippen LogP contribution < -0.4 is 22.1 Å². The zero-order chi connectivity index (χ0) is 17.1. The zero-order valence-electron chi connectivity index (χ0n) is 11.5. The number of carbonyl (C=O) groups excluding carboxylic acids is 2. The average molecular weight is 354 g/mol. The highest BCUT2D eigenvalue weighted by molar-refractivity contribution is 8.76. The van der Waals surface area contributed by atoms with E-state index in [2.05, 4.69) is 10.6 Å². The third kappa shape index (κ3) is 8.71. The highest BCUT2D eigenvalue weighted by atomic mass is 33.1. The summed E-state index contributed by atoms with van der Waals surface area (Å²) in [6.45, 7) is -0.651. The maximum atomic E-state index is 11.1. The Morgan fingerprint density at radius 1 is 0.818 bits per heavy atom. The number of amides is 2. The van der Waals surface area contributed by atoms with Gasteiger partial charge in [-0.3, -0.25) is 9.59 Å². The van der Waals surface area contributed by atoms with Crippen LogP contribution in [0, 0.1) is 0 Å². The molecule has 0 aliphatic rings. The number of aliphatic carboxylic acids is 2. The van der Waals surface area contributed by atoms with Crippen molar-refractivity contribution in [2.24, 2.45) is 11.5 Å². The molecule has 8 N–H and O–H groups in total. The van der Waals surface area contributed by atoms with Crippen molar-refractivity contribution in [2.45, 2.75) is 12.1 Å². The Kier molecular flexibility index (Phi) is 10.4. The molecule has 0 aromatic carbocycles. The second-order valence-corrected chi connectivity index (χ2v) is 6.45. The van der Waals surface area contributed by atoms with Gasteiger partial charge in [-0.1, -0.05) is 21.6 Å². The first-order valence-electron chi connectivity index (χ1n) is 6.00. The van der Waals surface area contributed by atoms with E-state index in [9.17, 15) is 19.2 Å². The summed E-state index contributed by atoms with van der Waals surface area (Å²) in [6.07, 6.45) is 0. The molecule has 0 aromatic heterocycles. The normalized spacial score (nSPS) is 13.0. The van der Waals surface area contributed by atoms with Gasteiger partial charge in [0.2, 0.25) is 11.8 Å². The lowest BCUT2D eigenvalue weighted by Gasteiger charge is -2.15. The molecule has 0 saturated carbocycles. The van der Waals surface area contributed by atoms with Crippen LogP contribution in [0.1, 0.15) is 0 Å². The van der Waals surface area contributed by atoms with Crippen LogP contribution in [-0.2, 0) is 19.2 Å². The Balaban J connectivity index is 4.24. The van der Waals surface area contributed by atoms with Crippen LogP contribution in [0.15, 0.2) is 0 Å². The minimum atomic E-state index is -1.22. The quantitative estimate of drug-likeness (QED) is 0.170. The van der Waals surface area contributed by atoms with E-state index in [1.165, 1.54) is 0 Å². The zero-order valence-corrected chi connectivity index (χ0v) is 13.1. The van der Waals surface area contributed by atoms with Gasteiger partial charge in [-0.05, 0) is 0 Å². The van der Waals surface area contributed by atoms with E-state index in [0.29, 0.717) is 0 Å². The van der Waals surface area contributed by atoms with E-state index in [1.807, 2.05) is 0 Å². The first kappa shape index (κ1) is 20.5. The maximum absolute atomic E-state index is 11.1. The summed E-state index contributed by atoms with van der Waals surface area (Å²) >= 11 is 0. The van der Waals surface area contributed by atoms with E-state index in [-0.39, 0.29) is 24.6 Å². The van der Waals surface area contributed by atoms with Gasteiger partial charge in [0.15, 0.2) is 0 Å². The van der Waals surface area contributed by atoms with E-state index >= 15 is 0 Å². The lowest BCUT2D eigenvalue weighted by atomic mass is 10.3. The van der Waals surface area contributed by atoms with E-state index in [4.69, 9.17) is 21.7 Å². The molecular weight excluding hydrogens is 336 g/mol. The van der Waals surface area contributed by atoms with Crippen LogP contribution in [-0.4, -0.2) is 70.6 Å². The molecule has 2 atom stereocenters. The van der Waals surface area contributed by atoms with Gasteiger partial charge in [0, 0.05) is 11.5 Å². The van der Waals surface area contributed by atoms with Gasteiger partial charge in [-0.25, -0.2) is 9.59 Å². The second kappa shape index (κ2) is 11.1. The third-order valence-electron chi connectivity index (χ3n) is 2.19. The van der Waals surface area contributed by atoms with Crippen molar-refractivity contribution < 1.29 is 29.4 Å². The van der Waals surface area contributed by atoms with Gasteiger partial charge < -0.3 is 32.3 Å². The summed E-state index contributed by atoms with van der Waals surface area (Å²) in [7, 11) is 2.11. The predicted molar refractivity (Wildman–Crippen MR) is 82.2 cm³/mol. The lowest BCUT2D eigenvalue weighted by molar-refractivity contribution is -0.141. The van der Waals surface area contributed by atoms with Crippen molar-refractivity contribution in [3.8, 4) is 0 Å². The molecule has 12 heteroatoms. The Bertz CT molecular complexity index is 384. The van der Waals surface area contributed by atoms with E-state index in [1.54, 1.807) is 0 Å². The topological polar surface area (TPSA) is 185 Å². The molecule has 0 spiro atoms. The molecule has 0 heterocycles. The molecule has 1 unspecified atom stereocenters. The predicted octanol–water partition coefficient (Wildman–Crippen LogP) is -2.58. The number of carboxylic acid groups (broad SMARTS) is 2. The van der Waals surface area contributed by atoms with Gasteiger partial charge in [0.25, 0.3) is 0 Å². The maximum Gasteiger partial charge on any atom is 0.327 e. The van der Waals surface area contributed by atoms with Crippen molar-refractivity contribution in [2.75, 3.05) is 24.6 Å². The highest BCUT2D eigenvalue weighted by Gasteiger charge is 2.22. The number of hydrogen-bond acceptors (Lipinski definition) is 8. The molecule has 126 valence electrons. The number of carbonyl (C=O) groups is 4. The van der Waals surface area contributed by atoms with Crippen LogP contribution >= 0.6 is 21.6 Å². The molecule has 0 radical (unpaired) electrons. The van der Waals surface area contributed by atoms with Crippen LogP contribution in [0.3, 0.4) is 0 Å².